The van der Waals surface area contributed by atoms with E-state index in [1.165, 1.54) is 44.6 Å². The van der Waals surface area contributed by atoms with Crippen molar-refractivity contribution in [3.63, 3.8) is 0 Å². The van der Waals surface area contributed by atoms with E-state index in [1.807, 2.05) is 0 Å². The topological polar surface area (TPSA) is 76.7 Å². The molecular weight excluding hydrogens is 363 g/mol. The second-order valence-corrected chi connectivity index (χ2v) is 5.79. The summed E-state index contributed by atoms with van der Waals surface area (Å²) in [5.74, 6) is -0.595. The number of carbonyl (C=O) groups excluding carboxylic acids is 2. The summed E-state index contributed by atoms with van der Waals surface area (Å²) < 4.78 is 22.9. The van der Waals surface area contributed by atoms with Crippen LogP contribution in [0.2, 0.25) is 5.02 Å². The van der Waals surface area contributed by atoms with Gasteiger partial charge in [0.1, 0.15) is 17.6 Å². The first kappa shape index (κ1) is 19.5. The maximum absolute atomic E-state index is 13.0. The molecule has 8 heteroatoms. The third-order valence-electron chi connectivity index (χ3n) is 3.55. The van der Waals surface area contributed by atoms with Gasteiger partial charge in [-0.2, -0.15) is 0 Å². The first-order chi connectivity index (χ1) is 12.4. The molecule has 0 aliphatic carbocycles. The van der Waals surface area contributed by atoms with Crippen LogP contribution >= 0.6 is 11.6 Å². The van der Waals surface area contributed by atoms with Crippen LogP contribution in [0.25, 0.3) is 0 Å². The standard InChI is InChI=1S/C18H18ClFN2O4/c1-25-16-8-5-12(19)10-14(16)21-18(24)22-15(17(23)26-2)9-11-3-6-13(20)7-4-11/h3-8,10,15H,9H2,1-2H3,(H2,21,22,24). The highest BCUT2D eigenvalue weighted by Gasteiger charge is 2.22. The zero-order valence-electron chi connectivity index (χ0n) is 14.2. The first-order valence-electron chi connectivity index (χ1n) is 7.66. The van der Waals surface area contributed by atoms with E-state index in [0.29, 0.717) is 22.0 Å². The van der Waals surface area contributed by atoms with Crippen LogP contribution in [0, 0.1) is 5.82 Å². The highest BCUT2D eigenvalue weighted by atomic mass is 35.5. The van der Waals surface area contributed by atoms with Crippen molar-refractivity contribution >= 4 is 29.3 Å². The molecule has 1 unspecified atom stereocenters. The molecule has 2 amide bonds. The molecule has 0 aliphatic heterocycles. The average Bonchev–Trinajstić information content (AvgIpc) is 2.62. The number of ether oxygens (including phenoxy) is 2. The van der Waals surface area contributed by atoms with Gasteiger partial charge in [0, 0.05) is 11.4 Å². The SMILES string of the molecule is COC(=O)C(Cc1ccc(F)cc1)NC(=O)Nc1cc(Cl)ccc1OC. The molecule has 0 spiro atoms. The summed E-state index contributed by atoms with van der Waals surface area (Å²) in [6.45, 7) is 0. The summed E-state index contributed by atoms with van der Waals surface area (Å²) in [6, 6.07) is 8.78. The fraction of sp³-hybridized carbons (Fsp3) is 0.222. The molecule has 0 heterocycles. The van der Waals surface area contributed by atoms with Gasteiger partial charge in [0.05, 0.1) is 19.9 Å². The summed E-state index contributed by atoms with van der Waals surface area (Å²) in [6.07, 6.45) is 0.146. The van der Waals surface area contributed by atoms with Crippen molar-refractivity contribution in [2.45, 2.75) is 12.5 Å². The minimum absolute atomic E-state index is 0.146. The summed E-state index contributed by atoms with van der Waals surface area (Å²) in [7, 11) is 2.68. The Hall–Kier alpha value is -2.80. The van der Waals surface area contributed by atoms with Gasteiger partial charge in [-0.25, -0.2) is 14.0 Å². The number of hydrogen-bond donors (Lipinski definition) is 2. The largest absolute Gasteiger partial charge is 0.495 e. The molecule has 0 bridgehead atoms. The summed E-state index contributed by atoms with van der Waals surface area (Å²) in [5, 5.41) is 5.53. The maximum Gasteiger partial charge on any atom is 0.328 e. The molecule has 0 saturated carbocycles. The molecule has 2 N–H and O–H groups in total. The number of nitrogens with one attached hydrogen (secondary N) is 2. The van der Waals surface area contributed by atoms with E-state index in [-0.39, 0.29) is 12.2 Å². The van der Waals surface area contributed by atoms with Gasteiger partial charge in [-0.15, -0.1) is 0 Å². The lowest BCUT2D eigenvalue weighted by Crippen LogP contribution is -2.45. The van der Waals surface area contributed by atoms with Gasteiger partial charge in [-0.1, -0.05) is 23.7 Å². The molecular formula is C18H18ClFN2O4. The van der Waals surface area contributed by atoms with Crippen molar-refractivity contribution < 1.29 is 23.5 Å². The maximum atomic E-state index is 13.0. The van der Waals surface area contributed by atoms with Gasteiger partial charge in [0.2, 0.25) is 0 Å². The number of amides is 2. The van der Waals surface area contributed by atoms with Crippen molar-refractivity contribution in [3.8, 4) is 5.75 Å². The lowest BCUT2D eigenvalue weighted by atomic mass is 10.1. The second kappa shape index (κ2) is 9.05. The minimum Gasteiger partial charge on any atom is -0.495 e. The van der Waals surface area contributed by atoms with Gasteiger partial charge in [0.15, 0.2) is 0 Å². The zero-order chi connectivity index (χ0) is 19.1. The van der Waals surface area contributed by atoms with Crippen LogP contribution in [0.4, 0.5) is 14.9 Å². The Morgan fingerprint density at radius 2 is 1.85 bits per heavy atom. The van der Waals surface area contributed by atoms with Crippen molar-refractivity contribution in [2.75, 3.05) is 19.5 Å². The molecule has 0 radical (unpaired) electrons. The zero-order valence-corrected chi connectivity index (χ0v) is 15.0. The number of anilines is 1. The summed E-state index contributed by atoms with van der Waals surface area (Å²) in [4.78, 5) is 24.2. The third kappa shape index (κ3) is 5.35. The molecule has 138 valence electrons. The number of hydrogen-bond acceptors (Lipinski definition) is 4. The second-order valence-electron chi connectivity index (χ2n) is 5.35. The van der Waals surface area contributed by atoms with Crippen LogP contribution in [0.3, 0.4) is 0 Å². The summed E-state index contributed by atoms with van der Waals surface area (Å²) >= 11 is 5.92. The number of methoxy groups -OCH3 is 2. The Morgan fingerprint density at radius 1 is 1.15 bits per heavy atom. The number of halogens is 2. The Balaban J connectivity index is 2.10. The van der Waals surface area contributed by atoms with Gasteiger partial charge in [-0.3, -0.25) is 0 Å². The van der Waals surface area contributed by atoms with Crippen molar-refractivity contribution in [2.24, 2.45) is 0 Å². The van der Waals surface area contributed by atoms with Crippen LogP contribution < -0.4 is 15.4 Å². The normalized spacial score (nSPS) is 11.4. The van der Waals surface area contributed by atoms with Crippen LogP contribution in [-0.4, -0.2) is 32.3 Å². The fourth-order valence-electron chi connectivity index (χ4n) is 2.29. The molecule has 26 heavy (non-hydrogen) atoms. The predicted octanol–water partition coefficient (Wildman–Crippen LogP) is 3.39. The number of carbonyl (C=O) groups is 2. The molecule has 2 aromatic carbocycles. The smallest absolute Gasteiger partial charge is 0.328 e. The van der Waals surface area contributed by atoms with Crippen LogP contribution in [0.1, 0.15) is 5.56 Å². The molecule has 6 nitrogen and oxygen atoms in total. The fourth-order valence-corrected chi connectivity index (χ4v) is 2.46. The van der Waals surface area contributed by atoms with Crippen LogP contribution in [0.15, 0.2) is 42.5 Å². The Bertz CT molecular complexity index is 783. The van der Waals surface area contributed by atoms with E-state index >= 15 is 0 Å². The van der Waals surface area contributed by atoms with Crippen molar-refractivity contribution in [1.29, 1.82) is 0 Å². The highest BCUT2D eigenvalue weighted by Crippen LogP contribution is 2.27. The van der Waals surface area contributed by atoms with Crippen molar-refractivity contribution in [1.82, 2.24) is 5.32 Å². The molecule has 0 saturated heterocycles. The van der Waals surface area contributed by atoms with E-state index in [0.717, 1.165) is 0 Å². The monoisotopic (exact) mass is 380 g/mol. The predicted molar refractivity (Wildman–Crippen MR) is 96.1 cm³/mol. The lowest BCUT2D eigenvalue weighted by molar-refractivity contribution is -0.142. The molecule has 2 rings (SSSR count). The molecule has 0 fully saturated rings. The van der Waals surface area contributed by atoms with Crippen LogP contribution in [-0.2, 0) is 16.0 Å². The summed E-state index contributed by atoms with van der Waals surface area (Å²) in [5.41, 5.74) is 1.02. The Kier molecular flexibility index (Phi) is 6.80. The van der Waals surface area contributed by atoms with Gasteiger partial charge in [-0.05, 0) is 35.9 Å². The van der Waals surface area contributed by atoms with Gasteiger partial charge in [0.25, 0.3) is 0 Å². The molecule has 2 aromatic rings. The van der Waals surface area contributed by atoms with Crippen molar-refractivity contribution in [3.05, 3.63) is 58.9 Å². The highest BCUT2D eigenvalue weighted by molar-refractivity contribution is 6.31. The van der Waals surface area contributed by atoms with E-state index in [4.69, 9.17) is 21.1 Å². The van der Waals surface area contributed by atoms with Gasteiger partial charge < -0.3 is 20.1 Å². The number of benzene rings is 2. The third-order valence-corrected chi connectivity index (χ3v) is 3.79. The van der Waals surface area contributed by atoms with E-state index in [2.05, 4.69) is 10.6 Å². The van der Waals surface area contributed by atoms with Crippen LogP contribution in [0.5, 0.6) is 5.75 Å². The first-order valence-corrected chi connectivity index (χ1v) is 8.04. The number of rotatable bonds is 6. The quantitative estimate of drug-likeness (QED) is 0.753. The minimum atomic E-state index is -0.948. The molecule has 1 atom stereocenters. The molecule has 0 aliphatic rings. The number of urea groups is 1. The number of esters is 1. The Morgan fingerprint density at radius 3 is 2.46 bits per heavy atom. The average molecular weight is 381 g/mol. The van der Waals surface area contributed by atoms with E-state index in [1.54, 1.807) is 12.1 Å². The molecule has 0 aromatic heterocycles. The van der Waals surface area contributed by atoms with E-state index in [9.17, 15) is 14.0 Å². The lowest BCUT2D eigenvalue weighted by Gasteiger charge is -2.18. The van der Waals surface area contributed by atoms with E-state index < -0.39 is 18.0 Å². The Labute approximate surface area is 155 Å². The van der Waals surface area contributed by atoms with Gasteiger partial charge >= 0.3 is 12.0 Å².